The average Bonchev–Trinajstić information content (AvgIpc) is 1.67. The van der Waals surface area contributed by atoms with Crippen molar-refractivity contribution < 1.29 is 0 Å². The minimum absolute atomic E-state index is 0.668. The van der Waals surface area contributed by atoms with Crippen LogP contribution in [-0.4, -0.2) is 6.54 Å². The van der Waals surface area contributed by atoms with E-state index in [9.17, 15) is 0 Å². The molecular weight excluding hydrogens is 302 g/mol. The zero-order chi connectivity index (χ0) is 6.57. The van der Waals surface area contributed by atoms with Gasteiger partial charge in [0.15, 0.2) is 0 Å². The molecule has 4 heteroatoms. The molecule has 0 atom stereocenters. The fourth-order valence-electron chi connectivity index (χ4n) is 0.221. The monoisotopic (exact) mass is 305 g/mol. The maximum Gasteiger partial charge on any atom is 0.0705 e. The third kappa shape index (κ3) is 4.06. The van der Waals surface area contributed by atoms with Gasteiger partial charge in [0, 0.05) is 4.48 Å². The van der Waals surface area contributed by atoms with Crippen molar-refractivity contribution in [3.8, 4) is 0 Å². The summed E-state index contributed by atoms with van der Waals surface area (Å²) in [6.45, 7) is 0.668. The molecule has 0 spiro atoms. The predicted octanol–water partition coefficient (Wildman–Crippen LogP) is 2.69. The van der Waals surface area contributed by atoms with Crippen LogP contribution in [0.25, 0.3) is 0 Å². The van der Waals surface area contributed by atoms with Crippen LogP contribution in [0.4, 0.5) is 0 Å². The minimum Gasteiger partial charge on any atom is -0.330 e. The average molecular weight is 308 g/mol. The van der Waals surface area contributed by atoms with E-state index in [-0.39, 0.29) is 0 Å². The van der Waals surface area contributed by atoms with E-state index in [4.69, 9.17) is 5.73 Å². The number of halogens is 3. The number of hydrogen-bond acceptors (Lipinski definition) is 1. The Balaban J connectivity index is 3.62. The molecular formula is C4H6Br3N. The Labute approximate surface area is 74.1 Å². The summed E-state index contributed by atoms with van der Waals surface area (Å²) in [4.78, 5) is 0. The van der Waals surface area contributed by atoms with Crippen molar-refractivity contribution >= 4 is 47.8 Å². The molecule has 8 heavy (non-hydrogen) atoms. The van der Waals surface area contributed by atoms with Gasteiger partial charge < -0.3 is 5.73 Å². The molecule has 2 N–H and O–H groups in total. The van der Waals surface area contributed by atoms with Crippen LogP contribution in [0.2, 0.25) is 0 Å². The van der Waals surface area contributed by atoms with Gasteiger partial charge in [0.2, 0.25) is 0 Å². The Hall–Kier alpha value is 1.14. The second-order valence-corrected chi connectivity index (χ2v) is 4.81. The molecule has 0 aromatic heterocycles. The molecule has 1 nitrogen and oxygen atoms in total. The minimum atomic E-state index is 0.668. The highest BCUT2D eigenvalue weighted by Crippen LogP contribution is 2.25. The van der Waals surface area contributed by atoms with Crippen molar-refractivity contribution in [1.29, 1.82) is 0 Å². The van der Waals surface area contributed by atoms with E-state index in [1.165, 1.54) is 0 Å². The van der Waals surface area contributed by atoms with E-state index < -0.39 is 0 Å². The van der Waals surface area contributed by atoms with Gasteiger partial charge in [0.05, 0.1) is 3.39 Å². The van der Waals surface area contributed by atoms with E-state index >= 15 is 0 Å². The summed E-state index contributed by atoms with van der Waals surface area (Å²) in [5.41, 5.74) is 5.26. The molecule has 0 heterocycles. The van der Waals surface area contributed by atoms with Crippen molar-refractivity contribution in [2.24, 2.45) is 5.73 Å². The van der Waals surface area contributed by atoms with E-state index in [2.05, 4.69) is 47.8 Å². The van der Waals surface area contributed by atoms with Crippen molar-refractivity contribution in [3.63, 3.8) is 0 Å². The molecule has 0 aliphatic heterocycles. The first kappa shape index (κ1) is 9.14. The Kier molecular flexibility index (Phi) is 5.68. The van der Waals surface area contributed by atoms with Crippen LogP contribution in [0.1, 0.15) is 6.42 Å². The molecule has 0 aromatic rings. The lowest BCUT2D eigenvalue weighted by Gasteiger charge is -1.92. The second kappa shape index (κ2) is 4.97. The lowest BCUT2D eigenvalue weighted by atomic mass is 10.4. The number of rotatable bonds is 2. The molecule has 0 aliphatic carbocycles. The van der Waals surface area contributed by atoms with E-state index in [1.54, 1.807) is 0 Å². The van der Waals surface area contributed by atoms with Gasteiger partial charge >= 0.3 is 0 Å². The SMILES string of the molecule is NCCC(Br)=C(Br)Br. The zero-order valence-electron chi connectivity index (χ0n) is 4.13. The predicted molar refractivity (Wildman–Crippen MR) is 47.5 cm³/mol. The Morgan fingerprint density at radius 1 is 1.25 bits per heavy atom. The normalized spacial score (nSPS) is 9.00. The lowest BCUT2D eigenvalue weighted by Crippen LogP contribution is -1.97. The molecule has 48 valence electrons. The summed E-state index contributed by atoms with van der Waals surface area (Å²) in [7, 11) is 0. The van der Waals surface area contributed by atoms with E-state index in [1.807, 2.05) is 0 Å². The van der Waals surface area contributed by atoms with Crippen molar-refractivity contribution in [3.05, 3.63) is 7.87 Å². The first-order valence-corrected chi connectivity index (χ1v) is 4.46. The summed E-state index contributed by atoms with van der Waals surface area (Å²) in [5, 5.41) is 0. The molecule has 0 aromatic carbocycles. The summed E-state index contributed by atoms with van der Waals surface area (Å²) < 4.78 is 2.01. The maximum atomic E-state index is 5.26. The highest BCUT2D eigenvalue weighted by molar-refractivity contribution is 9.29. The van der Waals surface area contributed by atoms with Gasteiger partial charge in [-0.3, -0.25) is 0 Å². The maximum absolute atomic E-state index is 5.26. The molecule has 0 unspecified atom stereocenters. The van der Waals surface area contributed by atoms with Gasteiger partial charge in [-0.05, 0) is 44.8 Å². The topological polar surface area (TPSA) is 26.0 Å². The number of nitrogens with two attached hydrogens (primary N) is 1. The Bertz CT molecular complexity index is 95.5. The molecule has 0 fully saturated rings. The summed E-state index contributed by atoms with van der Waals surface area (Å²) in [5.74, 6) is 0. The quantitative estimate of drug-likeness (QED) is 0.834. The van der Waals surface area contributed by atoms with Gasteiger partial charge in [-0.15, -0.1) is 0 Å². The van der Waals surface area contributed by atoms with Gasteiger partial charge in [0.1, 0.15) is 0 Å². The first-order chi connectivity index (χ1) is 3.68. The lowest BCUT2D eigenvalue weighted by molar-refractivity contribution is 1.00. The van der Waals surface area contributed by atoms with Crippen LogP contribution in [0, 0.1) is 0 Å². The van der Waals surface area contributed by atoms with Gasteiger partial charge in [-0.25, -0.2) is 0 Å². The van der Waals surface area contributed by atoms with Crippen molar-refractivity contribution in [2.75, 3.05) is 6.54 Å². The van der Waals surface area contributed by atoms with Crippen LogP contribution in [-0.2, 0) is 0 Å². The van der Waals surface area contributed by atoms with Gasteiger partial charge in [-0.2, -0.15) is 0 Å². The van der Waals surface area contributed by atoms with Crippen LogP contribution in [0.5, 0.6) is 0 Å². The van der Waals surface area contributed by atoms with Gasteiger partial charge in [-0.1, -0.05) is 15.9 Å². The Morgan fingerprint density at radius 3 is 1.88 bits per heavy atom. The number of hydrogen-bond donors (Lipinski definition) is 1. The first-order valence-electron chi connectivity index (χ1n) is 2.08. The van der Waals surface area contributed by atoms with Crippen LogP contribution < -0.4 is 5.73 Å². The fraction of sp³-hybridized carbons (Fsp3) is 0.500. The second-order valence-electron chi connectivity index (χ2n) is 1.20. The highest BCUT2D eigenvalue weighted by Gasteiger charge is 1.93. The molecule has 0 aliphatic rings. The van der Waals surface area contributed by atoms with Crippen molar-refractivity contribution in [2.45, 2.75) is 6.42 Å². The molecule has 0 saturated heterocycles. The summed E-state index contributed by atoms with van der Waals surface area (Å²) >= 11 is 9.78. The van der Waals surface area contributed by atoms with Crippen molar-refractivity contribution in [1.82, 2.24) is 0 Å². The van der Waals surface area contributed by atoms with Gasteiger partial charge in [0.25, 0.3) is 0 Å². The molecule has 0 saturated carbocycles. The van der Waals surface area contributed by atoms with Crippen LogP contribution >= 0.6 is 47.8 Å². The fourth-order valence-corrected chi connectivity index (χ4v) is 0.847. The zero-order valence-corrected chi connectivity index (χ0v) is 8.88. The molecule has 0 radical (unpaired) electrons. The molecule has 0 amide bonds. The van der Waals surface area contributed by atoms with E-state index in [0.29, 0.717) is 6.54 Å². The standard InChI is InChI=1S/C4H6Br3N/c5-3(1-2-8)4(6)7/h1-2,8H2. The third-order valence-corrected chi connectivity index (χ3v) is 3.38. The molecule has 0 rings (SSSR count). The summed E-state index contributed by atoms with van der Waals surface area (Å²) in [6, 6.07) is 0. The van der Waals surface area contributed by atoms with Crippen LogP contribution in [0.15, 0.2) is 7.87 Å². The van der Waals surface area contributed by atoms with E-state index in [0.717, 1.165) is 14.3 Å². The largest absolute Gasteiger partial charge is 0.330 e. The molecule has 0 bridgehead atoms. The smallest absolute Gasteiger partial charge is 0.0705 e. The highest BCUT2D eigenvalue weighted by atomic mass is 79.9. The Morgan fingerprint density at radius 2 is 1.75 bits per heavy atom. The third-order valence-electron chi connectivity index (χ3n) is 0.569. The van der Waals surface area contributed by atoms with Crippen LogP contribution in [0.3, 0.4) is 0 Å². The summed E-state index contributed by atoms with van der Waals surface area (Å²) in [6.07, 6.45) is 0.867.